The summed E-state index contributed by atoms with van der Waals surface area (Å²) < 4.78 is 37.3. The second-order valence-corrected chi connectivity index (χ2v) is 14.7. The first kappa shape index (κ1) is 35.5. The van der Waals surface area contributed by atoms with Crippen LogP contribution in [0.1, 0.15) is 32.0 Å². The molecule has 49 heavy (non-hydrogen) atoms. The monoisotopic (exact) mass is 690 g/mol. The Labute approximate surface area is 286 Å². The lowest BCUT2D eigenvalue weighted by Gasteiger charge is -2.30. The Hall–Kier alpha value is -4.76. The quantitative estimate of drug-likeness (QED) is 0.169. The molecule has 5 rings (SSSR count). The summed E-state index contributed by atoms with van der Waals surface area (Å²) in [6.45, 7) is 9.65. The number of nitrogens with zero attached hydrogens (tertiary/aromatic N) is 3. The zero-order chi connectivity index (χ0) is 35.5. The van der Waals surface area contributed by atoms with Gasteiger partial charge in [-0.25, -0.2) is 22.3 Å². The molecular formula is C35H42N6O7S. The molecule has 0 spiro atoms. The summed E-state index contributed by atoms with van der Waals surface area (Å²) in [7, 11) is -2.91. The first-order valence-corrected chi connectivity index (χ1v) is 17.6. The summed E-state index contributed by atoms with van der Waals surface area (Å²) >= 11 is 0. The zero-order valence-corrected chi connectivity index (χ0v) is 29.0. The molecule has 1 aromatic heterocycles. The van der Waals surface area contributed by atoms with E-state index in [4.69, 9.17) is 20.2 Å². The number of morpholine rings is 1. The fourth-order valence-corrected chi connectivity index (χ4v) is 6.75. The van der Waals surface area contributed by atoms with Gasteiger partial charge in [-0.1, -0.05) is 57.2 Å². The van der Waals surface area contributed by atoms with Crippen molar-refractivity contribution in [3.63, 3.8) is 0 Å². The highest BCUT2D eigenvalue weighted by Gasteiger charge is 2.34. The van der Waals surface area contributed by atoms with Crippen molar-refractivity contribution in [2.24, 2.45) is 5.73 Å². The number of nitrogens with two attached hydrogens (primary N) is 1. The molecule has 2 amide bonds. The molecule has 1 unspecified atom stereocenters. The van der Waals surface area contributed by atoms with Gasteiger partial charge in [0.15, 0.2) is 11.9 Å². The van der Waals surface area contributed by atoms with Gasteiger partial charge in [0.05, 0.1) is 49.3 Å². The van der Waals surface area contributed by atoms with Crippen LogP contribution in [-0.4, -0.2) is 81.2 Å². The van der Waals surface area contributed by atoms with Gasteiger partial charge >= 0.3 is 12.0 Å². The normalized spacial score (nSPS) is 14.7. The van der Waals surface area contributed by atoms with Crippen LogP contribution in [0.15, 0.2) is 66.9 Å². The average molecular weight is 691 g/mol. The Morgan fingerprint density at radius 3 is 2.31 bits per heavy atom. The second kappa shape index (κ2) is 14.4. The van der Waals surface area contributed by atoms with Crippen LogP contribution < -0.4 is 25.4 Å². The molecule has 0 bridgehead atoms. The van der Waals surface area contributed by atoms with Crippen LogP contribution in [0, 0.1) is 0 Å². The molecule has 1 fully saturated rings. The maximum atomic E-state index is 13.6. The van der Waals surface area contributed by atoms with E-state index in [0.717, 1.165) is 66.7 Å². The van der Waals surface area contributed by atoms with Crippen LogP contribution in [-0.2, 0) is 31.5 Å². The van der Waals surface area contributed by atoms with E-state index in [1.165, 1.54) is 13.2 Å². The molecule has 13 nitrogen and oxygen atoms in total. The summed E-state index contributed by atoms with van der Waals surface area (Å²) in [6, 6.07) is 18.0. The first-order valence-electron chi connectivity index (χ1n) is 15.7. The largest absolute Gasteiger partial charge is 0.492 e. The van der Waals surface area contributed by atoms with Gasteiger partial charge in [0.1, 0.15) is 0 Å². The van der Waals surface area contributed by atoms with Gasteiger partial charge in [-0.3, -0.25) is 9.88 Å². The number of benzene rings is 3. The molecule has 1 aliphatic rings. The number of amides is 2. The van der Waals surface area contributed by atoms with Gasteiger partial charge in [0.2, 0.25) is 10.0 Å². The minimum Gasteiger partial charge on any atom is -0.492 e. The van der Waals surface area contributed by atoms with Crippen molar-refractivity contribution in [2.45, 2.75) is 38.9 Å². The van der Waals surface area contributed by atoms with Crippen LogP contribution >= 0.6 is 0 Å². The van der Waals surface area contributed by atoms with Crippen molar-refractivity contribution >= 4 is 49.9 Å². The number of sulfonamides is 1. The molecule has 5 N–H and O–H groups in total. The van der Waals surface area contributed by atoms with Crippen LogP contribution in [0.5, 0.6) is 5.75 Å². The van der Waals surface area contributed by atoms with E-state index in [2.05, 4.69) is 15.5 Å². The number of aromatic nitrogens is 1. The van der Waals surface area contributed by atoms with Crippen molar-refractivity contribution in [1.82, 2.24) is 9.88 Å². The topological polar surface area (TPSA) is 176 Å². The smallest absolute Gasteiger partial charge is 0.342 e. The number of pyridine rings is 1. The number of ether oxygens (including phenoxy) is 2. The predicted molar refractivity (Wildman–Crippen MR) is 191 cm³/mol. The molecule has 1 aliphatic heterocycles. The van der Waals surface area contributed by atoms with Crippen molar-refractivity contribution in [2.75, 3.05) is 54.6 Å². The van der Waals surface area contributed by atoms with E-state index in [0.29, 0.717) is 15.6 Å². The average Bonchev–Trinajstić information content (AvgIpc) is 3.04. The highest BCUT2D eigenvalue weighted by atomic mass is 32.2. The number of rotatable bonds is 10. The van der Waals surface area contributed by atoms with Gasteiger partial charge < -0.3 is 30.9 Å². The van der Waals surface area contributed by atoms with Gasteiger partial charge in [-0.15, -0.1) is 0 Å². The molecule has 0 aliphatic carbocycles. The van der Waals surface area contributed by atoms with Crippen LogP contribution in [0.2, 0.25) is 0 Å². The molecule has 4 aromatic rings. The minimum atomic E-state index is -4.20. The molecule has 14 heteroatoms. The molecular weight excluding hydrogens is 648 g/mol. The number of fused-ring (bicyclic) bond motifs is 1. The number of hydrogen-bond acceptors (Lipinski definition) is 9. The molecule has 3 aromatic carbocycles. The van der Waals surface area contributed by atoms with Crippen LogP contribution in [0.3, 0.4) is 0 Å². The Kier molecular flexibility index (Phi) is 10.4. The summed E-state index contributed by atoms with van der Waals surface area (Å²) in [4.78, 5) is 32.5. The highest BCUT2D eigenvalue weighted by molar-refractivity contribution is 7.92. The van der Waals surface area contributed by atoms with Crippen molar-refractivity contribution in [3.8, 4) is 16.9 Å². The highest BCUT2D eigenvalue weighted by Crippen LogP contribution is 2.42. The van der Waals surface area contributed by atoms with E-state index >= 15 is 0 Å². The number of nitrogens with one attached hydrogen (secondary N) is 2. The molecule has 0 saturated carbocycles. The fraction of sp³-hybridized carbons (Fsp3) is 0.343. The number of aliphatic carboxylic acids is 1. The standard InChI is InChI=1S/C35H42N6O7S/c1-35(2,3)23-18-29(31(47-4)30(19-23)41(49(5,45)46)32(36)33(42)43)39-34(44)38-28-13-12-25(26-8-6-7-9-27(26)28)22-10-11-24(37-20-22)21-40-14-16-48-17-15-40/h6-13,18-20,32H,14-17,21,36H2,1-5H3,(H,42,43)(H2,38,39,44). The number of anilines is 3. The lowest BCUT2D eigenvalue weighted by atomic mass is 9.86. The maximum Gasteiger partial charge on any atom is 0.342 e. The first-order chi connectivity index (χ1) is 23.2. The lowest BCUT2D eigenvalue weighted by molar-refractivity contribution is -0.138. The Morgan fingerprint density at radius 1 is 1.04 bits per heavy atom. The Morgan fingerprint density at radius 2 is 1.71 bits per heavy atom. The third kappa shape index (κ3) is 8.11. The van der Waals surface area contributed by atoms with Crippen LogP contribution in [0.4, 0.5) is 21.9 Å². The van der Waals surface area contributed by atoms with Gasteiger partial charge in [-0.2, -0.15) is 0 Å². The van der Waals surface area contributed by atoms with E-state index in [1.54, 1.807) is 6.07 Å². The Balaban J connectivity index is 1.46. The predicted octanol–water partition coefficient (Wildman–Crippen LogP) is 4.82. The van der Waals surface area contributed by atoms with E-state index in [-0.39, 0.29) is 17.1 Å². The van der Waals surface area contributed by atoms with Gasteiger partial charge in [-0.05, 0) is 46.2 Å². The molecule has 2 heterocycles. The SMILES string of the molecule is COc1c(NC(=O)Nc2ccc(-c3ccc(CN4CCOCC4)nc3)c3ccccc23)cc(C(C)(C)C)cc1N(C(N)C(=O)O)S(C)(=O)=O. The molecule has 1 atom stereocenters. The molecule has 0 radical (unpaired) electrons. The van der Waals surface area contributed by atoms with Crippen molar-refractivity contribution < 1.29 is 32.6 Å². The Bertz CT molecular complexity index is 1960. The van der Waals surface area contributed by atoms with Crippen molar-refractivity contribution in [1.29, 1.82) is 0 Å². The number of carboxylic acid groups (broad SMARTS) is 1. The van der Waals surface area contributed by atoms with E-state index in [9.17, 15) is 23.1 Å². The second-order valence-electron chi connectivity index (χ2n) is 12.9. The number of urea groups is 1. The summed E-state index contributed by atoms with van der Waals surface area (Å²) in [6.07, 6.45) is 0.769. The fourth-order valence-electron chi connectivity index (χ4n) is 5.75. The summed E-state index contributed by atoms with van der Waals surface area (Å²) in [5.74, 6) is -1.63. The number of carbonyl (C=O) groups is 2. The summed E-state index contributed by atoms with van der Waals surface area (Å²) in [5, 5.41) is 17.0. The van der Waals surface area contributed by atoms with E-state index in [1.807, 2.05) is 75.5 Å². The van der Waals surface area contributed by atoms with Gasteiger partial charge in [0.25, 0.3) is 0 Å². The van der Waals surface area contributed by atoms with Crippen molar-refractivity contribution in [3.05, 3.63) is 78.1 Å². The van der Waals surface area contributed by atoms with E-state index < -0.39 is 33.6 Å². The number of carboxylic acids is 1. The third-order valence-electron chi connectivity index (χ3n) is 8.29. The maximum absolute atomic E-state index is 13.6. The third-order valence-corrected chi connectivity index (χ3v) is 9.42. The number of carbonyl (C=O) groups excluding carboxylic acids is 1. The summed E-state index contributed by atoms with van der Waals surface area (Å²) in [5.41, 5.74) is 9.31. The number of hydrogen-bond donors (Lipinski definition) is 4. The molecule has 260 valence electrons. The lowest BCUT2D eigenvalue weighted by Crippen LogP contribution is -2.50. The zero-order valence-electron chi connectivity index (χ0n) is 28.2. The minimum absolute atomic E-state index is 0.0740. The molecule has 1 saturated heterocycles. The van der Waals surface area contributed by atoms with Gasteiger partial charge in [0, 0.05) is 36.8 Å². The van der Waals surface area contributed by atoms with Crippen LogP contribution in [0.25, 0.3) is 21.9 Å². The number of methoxy groups -OCH3 is 1.